The lowest BCUT2D eigenvalue weighted by Gasteiger charge is -2.30. The molecular formula is C24H34N4O10. The molecule has 2 aromatic rings. The van der Waals surface area contributed by atoms with Crippen LogP contribution in [0.4, 0.5) is 20.2 Å². The Hall–Kier alpha value is -3.81. The normalized spacial score (nSPS) is 23.1. The van der Waals surface area contributed by atoms with Crippen molar-refractivity contribution in [2.24, 2.45) is 0 Å². The van der Waals surface area contributed by atoms with Gasteiger partial charge in [0.25, 0.3) is 0 Å². The highest BCUT2D eigenvalue weighted by Crippen LogP contribution is 2.44. The molecule has 1 saturated heterocycles. The Kier molecular flexibility index (Phi) is 8.86. The summed E-state index contributed by atoms with van der Waals surface area (Å²) in [7, 11) is 0. The lowest BCUT2D eigenvalue weighted by molar-refractivity contribution is -0.104. The molecule has 4 atom stereocenters. The van der Waals surface area contributed by atoms with E-state index in [2.05, 4.69) is 10.1 Å². The Labute approximate surface area is 219 Å². The summed E-state index contributed by atoms with van der Waals surface area (Å²) in [4.78, 5) is 41.3. The van der Waals surface area contributed by atoms with Gasteiger partial charge in [-0.3, -0.25) is 0 Å². The number of nitrogens with two attached hydrogens (primary N) is 1. The van der Waals surface area contributed by atoms with Crippen molar-refractivity contribution in [1.29, 1.82) is 0 Å². The summed E-state index contributed by atoms with van der Waals surface area (Å²) in [6.45, 7) is 11.1. The second-order valence-electron chi connectivity index (χ2n) is 9.61. The van der Waals surface area contributed by atoms with Gasteiger partial charge in [0.1, 0.15) is 30.2 Å². The van der Waals surface area contributed by atoms with Crippen LogP contribution >= 0.6 is 0 Å². The van der Waals surface area contributed by atoms with Crippen LogP contribution in [0.15, 0.2) is 18.5 Å². The minimum atomic E-state index is -1.50. The molecule has 0 saturated carbocycles. The number of ether oxygens (including phenoxy) is 7. The first-order chi connectivity index (χ1) is 17.8. The molecule has 3 rings (SSSR count). The summed E-state index contributed by atoms with van der Waals surface area (Å²) in [5, 5.41) is 4.25. The SMILES string of the molecule is CC(C)OC(=O)OC[C@H]1O[C@@](C)(c2ccc3c(N)ncnn23)[C@H](OC(=O)OC(C)C)[C@@H]1OC(=O)OC(C)C. The highest BCUT2D eigenvalue weighted by Gasteiger charge is 2.60. The third kappa shape index (κ3) is 6.54. The predicted molar refractivity (Wildman–Crippen MR) is 130 cm³/mol. The summed E-state index contributed by atoms with van der Waals surface area (Å²) >= 11 is 0. The average molecular weight is 539 g/mol. The van der Waals surface area contributed by atoms with Crippen molar-refractivity contribution in [3.63, 3.8) is 0 Å². The van der Waals surface area contributed by atoms with Gasteiger partial charge in [0.05, 0.1) is 24.0 Å². The van der Waals surface area contributed by atoms with Crippen molar-refractivity contribution in [2.45, 2.75) is 90.7 Å². The van der Waals surface area contributed by atoms with E-state index in [4.69, 9.17) is 38.9 Å². The third-order valence-electron chi connectivity index (χ3n) is 5.41. The van der Waals surface area contributed by atoms with Crippen molar-refractivity contribution in [1.82, 2.24) is 14.6 Å². The quantitative estimate of drug-likeness (QED) is 0.383. The van der Waals surface area contributed by atoms with E-state index in [0.717, 1.165) is 0 Å². The minimum Gasteiger partial charge on any atom is -0.432 e. The van der Waals surface area contributed by atoms with Crippen LogP contribution in [0.1, 0.15) is 54.2 Å². The van der Waals surface area contributed by atoms with E-state index >= 15 is 0 Å². The van der Waals surface area contributed by atoms with Crippen LogP contribution in [0.3, 0.4) is 0 Å². The zero-order chi connectivity index (χ0) is 28.2. The van der Waals surface area contributed by atoms with Gasteiger partial charge in [-0.1, -0.05) is 0 Å². The number of nitrogen functional groups attached to an aromatic ring is 1. The molecule has 0 bridgehead atoms. The molecule has 0 radical (unpaired) electrons. The van der Waals surface area contributed by atoms with Crippen molar-refractivity contribution in [3.05, 3.63) is 24.2 Å². The van der Waals surface area contributed by atoms with Crippen molar-refractivity contribution < 1.29 is 47.5 Å². The topological polar surface area (TPSA) is 172 Å². The average Bonchev–Trinajstić information content (AvgIpc) is 3.33. The number of fused-ring (bicyclic) bond motifs is 1. The van der Waals surface area contributed by atoms with Crippen LogP contribution in [0.25, 0.3) is 5.52 Å². The maximum Gasteiger partial charge on any atom is 0.509 e. The summed E-state index contributed by atoms with van der Waals surface area (Å²) in [6, 6.07) is 3.32. The molecule has 0 amide bonds. The van der Waals surface area contributed by atoms with E-state index in [-0.39, 0.29) is 5.82 Å². The van der Waals surface area contributed by atoms with Gasteiger partial charge in [-0.15, -0.1) is 0 Å². The standard InChI is InChI=1S/C24H34N4O10/c1-12(2)33-21(29)32-10-16-18(36-22(30)34-13(3)4)19(37-23(31)35-14(5)6)24(7,38-16)17-9-8-15-20(25)26-11-27-28(15)17/h8-9,11-14,16,18-19H,10H2,1-7H3,(H2,25,26,27)/t16-,18-,19-,24+/m1/s1. The summed E-state index contributed by atoms with van der Waals surface area (Å²) in [5.41, 5.74) is 5.35. The molecule has 3 heterocycles. The molecule has 0 aromatic carbocycles. The Morgan fingerprint density at radius 2 is 1.55 bits per heavy atom. The third-order valence-corrected chi connectivity index (χ3v) is 5.41. The maximum atomic E-state index is 12.7. The van der Waals surface area contributed by atoms with Crippen molar-refractivity contribution in [3.8, 4) is 0 Å². The van der Waals surface area contributed by atoms with Crippen LogP contribution in [0.2, 0.25) is 0 Å². The number of carbonyl (C=O) groups excluding carboxylic acids is 3. The molecule has 1 fully saturated rings. The van der Waals surface area contributed by atoms with Gasteiger partial charge in [0.15, 0.2) is 18.0 Å². The highest BCUT2D eigenvalue weighted by atomic mass is 16.8. The second-order valence-corrected chi connectivity index (χ2v) is 9.61. The fraction of sp³-hybridized carbons (Fsp3) is 0.625. The van der Waals surface area contributed by atoms with Gasteiger partial charge in [-0.05, 0) is 60.6 Å². The van der Waals surface area contributed by atoms with E-state index in [1.165, 1.54) is 10.8 Å². The van der Waals surface area contributed by atoms with Gasteiger partial charge < -0.3 is 38.9 Å². The van der Waals surface area contributed by atoms with E-state index in [1.54, 1.807) is 60.6 Å². The van der Waals surface area contributed by atoms with Gasteiger partial charge in [0.2, 0.25) is 0 Å². The number of anilines is 1. The van der Waals surface area contributed by atoms with Crippen molar-refractivity contribution in [2.75, 3.05) is 12.3 Å². The summed E-state index contributed by atoms with van der Waals surface area (Å²) in [6.07, 6.45) is -6.87. The number of hydrogen-bond acceptors (Lipinski definition) is 13. The molecule has 1 aliphatic heterocycles. The van der Waals surface area contributed by atoms with Gasteiger partial charge in [0, 0.05) is 0 Å². The highest BCUT2D eigenvalue weighted by molar-refractivity contribution is 5.66. The molecular weight excluding hydrogens is 504 g/mol. The van der Waals surface area contributed by atoms with Gasteiger partial charge in [-0.2, -0.15) is 5.10 Å². The molecule has 38 heavy (non-hydrogen) atoms. The zero-order valence-corrected chi connectivity index (χ0v) is 22.4. The Morgan fingerprint density at radius 3 is 2.16 bits per heavy atom. The Balaban J connectivity index is 2.04. The first kappa shape index (κ1) is 28.8. The monoisotopic (exact) mass is 538 g/mol. The molecule has 210 valence electrons. The van der Waals surface area contributed by atoms with Crippen molar-refractivity contribution >= 4 is 29.8 Å². The van der Waals surface area contributed by atoms with E-state index in [9.17, 15) is 14.4 Å². The predicted octanol–water partition coefficient (Wildman–Crippen LogP) is 3.35. The molecule has 2 aromatic heterocycles. The first-order valence-corrected chi connectivity index (χ1v) is 12.2. The molecule has 0 unspecified atom stereocenters. The van der Waals surface area contributed by atoms with E-state index < -0.39 is 67.3 Å². The molecule has 2 N–H and O–H groups in total. The van der Waals surface area contributed by atoms with Crippen LogP contribution < -0.4 is 5.73 Å². The van der Waals surface area contributed by atoms with E-state index in [1.807, 2.05) is 0 Å². The van der Waals surface area contributed by atoms with Crippen LogP contribution in [0, 0.1) is 0 Å². The number of nitrogens with zero attached hydrogens (tertiary/aromatic N) is 3. The second kappa shape index (κ2) is 11.7. The summed E-state index contributed by atoms with van der Waals surface area (Å²) < 4.78 is 39.6. The van der Waals surface area contributed by atoms with Crippen LogP contribution in [-0.2, 0) is 38.8 Å². The fourth-order valence-electron chi connectivity index (χ4n) is 3.97. The molecule has 14 nitrogen and oxygen atoms in total. The number of rotatable bonds is 8. The lowest BCUT2D eigenvalue weighted by atomic mass is 9.93. The smallest absolute Gasteiger partial charge is 0.432 e. The zero-order valence-electron chi connectivity index (χ0n) is 22.4. The molecule has 1 aliphatic rings. The van der Waals surface area contributed by atoms with Crippen LogP contribution in [-0.4, -0.2) is 76.3 Å². The molecule has 0 spiro atoms. The molecule has 14 heteroatoms. The summed E-state index contributed by atoms with van der Waals surface area (Å²) in [5.74, 6) is 0.203. The largest absolute Gasteiger partial charge is 0.509 e. The number of carbonyl (C=O) groups is 3. The Morgan fingerprint density at radius 1 is 0.974 bits per heavy atom. The van der Waals surface area contributed by atoms with Gasteiger partial charge in [-0.25, -0.2) is 23.9 Å². The van der Waals surface area contributed by atoms with Gasteiger partial charge >= 0.3 is 18.5 Å². The maximum absolute atomic E-state index is 12.7. The van der Waals surface area contributed by atoms with Crippen LogP contribution in [0.5, 0.6) is 0 Å². The fourth-order valence-corrected chi connectivity index (χ4v) is 3.97. The Bertz CT molecular complexity index is 1150. The lowest BCUT2D eigenvalue weighted by Crippen LogP contribution is -2.46. The number of aromatic nitrogens is 3. The molecule has 0 aliphatic carbocycles. The first-order valence-electron chi connectivity index (χ1n) is 12.2. The minimum absolute atomic E-state index is 0.203. The van der Waals surface area contributed by atoms with E-state index in [0.29, 0.717) is 11.2 Å². The number of hydrogen-bond donors (Lipinski definition) is 1.